The number of carbonyl (C=O) groups excluding carboxylic acids is 1. The SMILES string of the molecule is CC(C)CN(CC(C)C)S(=O)(=O)c1ccc(C(=O)[O-])cc1. The number of carbonyl (C=O) groups is 1. The van der Waals surface area contributed by atoms with Crippen LogP contribution in [0, 0.1) is 11.8 Å². The molecule has 0 amide bonds. The first-order chi connectivity index (χ1) is 9.64. The lowest BCUT2D eigenvalue weighted by molar-refractivity contribution is -0.255. The van der Waals surface area contributed by atoms with Crippen molar-refractivity contribution in [2.75, 3.05) is 13.1 Å². The lowest BCUT2D eigenvalue weighted by atomic mass is 10.2. The number of aromatic carboxylic acids is 1. The van der Waals surface area contributed by atoms with Gasteiger partial charge in [-0.15, -0.1) is 0 Å². The summed E-state index contributed by atoms with van der Waals surface area (Å²) in [7, 11) is -3.61. The first-order valence-corrected chi connectivity index (χ1v) is 8.40. The molecule has 0 saturated carbocycles. The molecule has 1 aromatic rings. The Morgan fingerprint density at radius 3 is 1.81 bits per heavy atom. The van der Waals surface area contributed by atoms with E-state index >= 15 is 0 Å². The summed E-state index contributed by atoms with van der Waals surface area (Å²) in [6, 6.07) is 5.14. The Balaban J connectivity index is 3.12. The maximum absolute atomic E-state index is 12.6. The third-order valence-corrected chi connectivity index (χ3v) is 4.71. The molecule has 0 aliphatic carbocycles. The van der Waals surface area contributed by atoms with Crippen LogP contribution >= 0.6 is 0 Å². The summed E-state index contributed by atoms with van der Waals surface area (Å²) in [6.45, 7) is 8.71. The van der Waals surface area contributed by atoms with E-state index in [-0.39, 0.29) is 22.3 Å². The maximum atomic E-state index is 12.6. The zero-order chi connectivity index (χ0) is 16.2. The summed E-state index contributed by atoms with van der Waals surface area (Å²) in [6.07, 6.45) is 0. The van der Waals surface area contributed by atoms with Crippen LogP contribution in [0.5, 0.6) is 0 Å². The van der Waals surface area contributed by atoms with Crippen molar-refractivity contribution >= 4 is 16.0 Å². The average Bonchev–Trinajstić information content (AvgIpc) is 2.37. The van der Waals surface area contributed by atoms with E-state index in [2.05, 4.69) is 0 Å². The number of benzene rings is 1. The minimum atomic E-state index is -3.61. The Hall–Kier alpha value is -1.40. The first kappa shape index (κ1) is 17.7. The van der Waals surface area contributed by atoms with Crippen LogP contribution in [0.2, 0.25) is 0 Å². The number of hydrogen-bond donors (Lipinski definition) is 0. The van der Waals surface area contributed by atoms with Gasteiger partial charge in [0.15, 0.2) is 0 Å². The molecule has 1 aromatic carbocycles. The molecular weight excluding hydrogens is 290 g/mol. The third kappa shape index (κ3) is 4.82. The Kier molecular flexibility index (Phi) is 5.92. The number of carboxylic acids is 1. The molecule has 118 valence electrons. The molecule has 0 heterocycles. The zero-order valence-corrected chi connectivity index (χ0v) is 13.7. The van der Waals surface area contributed by atoms with E-state index in [0.717, 1.165) is 0 Å². The fraction of sp³-hybridized carbons (Fsp3) is 0.533. The van der Waals surface area contributed by atoms with Crippen molar-refractivity contribution in [1.82, 2.24) is 4.31 Å². The molecule has 0 aliphatic heterocycles. The van der Waals surface area contributed by atoms with Crippen LogP contribution < -0.4 is 5.11 Å². The Morgan fingerprint density at radius 2 is 1.48 bits per heavy atom. The van der Waals surface area contributed by atoms with Gasteiger partial charge in [-0.1, -0.05) is 39.8 Å². The van der Waals surface area contributed by atoms with Gasteiger partial charge in [-0.2, -0.15) is 4.31 Å². The predicted molar refractivity (Wildman–Crippen MR) is 79.2 cm³/mol. The summed E-state index contributed by atoms with van der Waals surface area (Å²) in [5.74, 6) is -0.901. The van der Waals surface area contributed by atoms with Gasteiger partial charge in [0.05, 0.1) is 10.9 Å². The van der Waals surface area contributed by atoms with Crippen LogP contribution in [0.4, 0.5) is 0 Å². The van der Waals surface area contributed by atoms with Crippen molar-refractivity contribution in [1.29, 1.82) is 0 Å². The van der Waals surface area contributed by atoms with Crippen LogP contribution in [-0.4, -0.2) is 31.8 Å². The summed E-state index contributed by atoms with van der Waals surface area (Å²) < 4.78 is 26.7. The van der Waals surface area contributed by atoms with Crippen molar-refractivity contribution in [2.45, 2.75) is 32.6 Å². The molecule has 5 nitrogen and oxygen atoms in total. The van der Waals surface area contributed by atoms with Crippen molar-refractivity contribution in [2.24, 2.45) is 11.8 Å². The molecule has 0 bridgehead atoms. The van der Waals surface area contributed by atoms with Crippen LogP contribution in [0.15, 0.2) is 29.2 Å². The smallest absolute Gasteiger partial charge is 0.243 e. The van der Waals surface area contributed by atoms with Crippen LogP contribution in [0.3, 0.4) is 0 Å². The maximum Gasteiger partial charge on any atom is 0.243 e. The lowest BCUT2D eigenvalue weighted by Crippen LogP contribution is -2.37. The molecule has 0 N–H and O–H groups in total. The third-order valence-electron chi connectivity index (χ3n) is 2.87. The van der Waals surface area contributed by atoms with Crippen molar-refractivity contribution < 1.29 is 18.3 Å². The normalized spacial score (nSPS) is 12.3. The quantitative estimate of drug-likeness (QED) is 0.761. The molecule has 0 radical (unpaired) electrons. The molecule has 6 heteroatoms. The highest BCUT2D eigenvalue weighted by atomic mass is 32.2. The second kappa shape index (κ2) is 7.04. The summed E-state index contributed by atoms with van der Waals surface area (Å²) >= 11 is 0. The van der Waals surface area contributed by atoms with E-state index in [1.54, 1.807) is 0 Å². The Bertz CT molecular complexity index is 566. The number of hydrogen-bond acceptors (Lipinski definition) is 4. The minimum Gasteiger partial charge on any atom is -0.545 e. The topological polar surface area (TPSA) is 77.5 Å². The molecule has 21 heavy (non-hydrogen) atoms. The zero-order valence-electron chi connectivity index (χ0n) is 12.9. The molecule has 1 rings (SSSR count). The van der Waals surface area contributed by atoms with Crippen LogP contribution in [0.25, 0.3) is 0 Å². The van der Waals surface area contributed by atoms with Gasteiger partial charge in [-0.25, -0.2) is 8.42 Å². The number of sulfonamides is 1. The van der Waals surface area contributed by atoms with Gasteiger partial charge >= 0.3 is 0 Å². The van der Waals surface area contributed by atoms with Crippen molar-refractivity contribution in [3.05, 3.63) is 29.8 Å². The van der Waals surface area contributed by atoms with Gasteiger partial charge in [0.2, 0.25) is 10.0 Å². The fourth-order valence-corrected chi connectivity index (χ4v) is 3.76. The Labute approximate surface area is 126 Å². The molecule has 0 unspecified atom stereocenters. The second-order valence-electron chi connectivity index (χ2n) is 5.92. The summed E-state index contributed by atoms with van der Waals surface area (Å²) in [4.78, 5) is 10.8. The van der Waals surface area contributed by atoms with E-state index in [0.29, 0.717) is 13.1 Å². The number of rotatable bonds is 7. The Morgan fingerprint density at radius 1 is 1.05 bits per heavy atom. The minimum absolute atomic E-state index is 0.0341. The monoisotopic (exact) mass is 312 g/mol. The molecule has 0 fully saturated rings. The highest BCUT2D eigenvalue weighted by Gasteiger charge is 2.25. The first-order valence-electron chi connectivity index (χ1n) is 6.96. The molecule has 0 aromatic heterocycles. The van der Waals surface area contributed by atoms with E-state index in [1.807, 2.05) is 27.7 Å². The summed E-state index contributed by atoms with van der Waals surface area (Å²) in [5, 5.41) is 10.7. The summed E-state index contributed by atoms with van der Waals surface area (Å²) in [5.41, 5.74) is -0.0341. The van der Waals surface area contributed by atoms with Crippen molar-refractivity contribution in [3.8, 4) is 0 Å². The van der Waals surface area contributed by atoms with Gasteiger partial charge < -0.3 is 9.90 Å². The van der Waals surface area contributed by atoms with Gasteiger partial charge in [0.1, 0.15) is 0 Å². The highest BCUT2D eigenvalue weighted by Crippen LogP contribution is 2.19. The second-order valence-corrected chi connectivity index (χ2v) is 7.86. The van der Waals surface area contributed by atoms with E-state index < -0.39 is 16.0 Å². The molecular formula is C15H22NO4S-. The number of carboxylic acid groups (broad SMARTS) is 1. The molecule has 0 atom stereocenters. The van der Waals surface area contributed by atoms with Crippen LogP contribution in [0.1, 0.15) is 38.1 Å². The fourth-order valence-electron chi connectivity index (χ4n) is 2.00. The van der Waals surface area contributed by atoms with Crippen molar-refractivity contribution in [3.63, 3.8) is 0 Å². The van der Waals surface area contributed by atoms with E-state index in [1.165, 1.54) is 28.6 Å². The standard InChI is InChI=1S/C15H23NO4S/c1-11(2)9-16(10-12(3)4)21(19,20)14-7-5-13(6-8-14)15(17)18/h5-8,11-12H,9-10H2,1-4H3,(H,17,18)/p-1. The molecule has 0 saturated heterocycles. The molecule has 0 aliphatic rings. The van der Waals surface area contributed by atoms with Gasteiger partial charge in [0, 0.05) is 13.1 Å². The average molecular weight is 312 g/mol. The van der Waals surface area contributed by atoms with Gasteiger partial charge in [-0.3, -0.25) is 0 Å². The van der Waals surface area contributed by atoms with Gasteiger partial charge in [0.25, 0.3) is 0 Å². The van der Waals surface area contributed by atoms with E-state index in [4.69, 9.17) is 0 Å². The largest absolute Gasteiger partial charge is 0.545 e. The number of nitrogens with zero attached hydrogens (tertiary/aromatic N) is 1. The highest BCUT2D eigenvalue weighted by molar-refractivity contribution is 7.89. The van der Waals surface area contributed by atoms with Gasteiger partial charge in [-0.05, 0) is 29.5 Å². The predicted octanol–water partition coefficient (Wildman–Crippen LogP) is 1.35. The van der Waals surface area contributed by atoms with E-state index in [9.17, 15) is 18.3 Å². The lowest BCUT2D eigenvalue weighted by Gasteiger charge is -2.25. The molecule has 0 spiro atoms. The van der Waals surface area contributed by atoms with Crippen LogP contribution in [-0.2, 0) is 10.0 Å².